The van der Waals surface area contributed by atoms with E-state index >= 15 is 0 Å². The van der Waals surface area contributed by atoms with Gasteiger partial charge in [-0.2, -0.15) is 0 Å². The molecule has 0 aromatic rings. The minimum atomic E-state index is -0.769. The molecule has 2 atom stereocenters. The first-order valence-electron chi connectivity index (χ1n) is 4.01. The third kappa shape index (κ3) is 2.20. The molecule has 1 aliphatic rings. The van der Waals surface area contributed by atoms with Gasteiger partial charge in [0.25, 0.3) is 0 Å². The molecule has 3 heteroatoms. The lowest BCUT2D eigenvalue weighted by Crippen LogP contribution is -2.33. The third-order valence-electron chi connectivity index (χ3n) is 1.92. The van der Waals surface area contributed by atoms with Gasteiger partial charge in [0.1, 0.15) is 0 Å². The SMILES string of the molecule is CC[C@@]1(O)C[C@H](C)SC(C)=N1. The van der Waals surface area contributed by atoms with Gasteiger partial charge in [-0.05, 0) is 13.3 Å². The van der Waals surface area contributed by atoms with Gasteiger partial charge in [0.15, 0.2) is 5.72 Å². The number of rotatable bonds is 1. The highest BCUT2D eigenvalue weighted by atomic mass is 32.2. The standard InChI is InChI=1S/C8H15NOS/c1-4-8(10)5-6(2)11-7(3)9-8/h6,10H,4-5H2,1-3H3/t6-,8+/m0/s1. The summed E-state index contributed by atoms with van der Waals surface area (Å²) in [6, 6.07) is 0. The first-order chi connectivity index (χ1) is 5.06. The number of hydrogen-bond acceptors (Lipinski definition) is 3. The second-order valence-electron chi connectivity index (χ2n) is 3.10. The van der Waals surface area contributed by atoms with E-state index in [1.54, 1.807) is 11.8 Å². The summed E-state index contributed by atoms with van der Waals surface area (Å²) < 4.78 is 0. The van der Waals surface area contributed by atoms with Crippen molar-refractivity contribution >= 4 is 16.8 Å². The van der Waals surface area contributed by atoms with Gasteiger partial charge in [-0.15, -0.1) is 11.8 Å². The van der Waals surface area contributed by atoms with Crippen LogP contribution < -0.4 is 0 Å². The van der Waals surface area contributed by atoms with Crippen molar-refractivity contribution in [1.29, 1.82) is 0 Å². The minimum absolute atomic E-state index is 0.498. The molecule has 0 fully saturated rings. The molecule has 1 aliphatic heterocycles. The largest absolute Gasteiger partial charge is 0.369 e. The average molecular weight is 173 g/mol. The molecule has 0 aromatic heterocycles. The summed E-state index contributed by atoms with van der Waals surface area (Å²) >= 11 is 1.75. The number of aliphatic imine (C=N–C) groups is 1. The zero-order valence-corrected chi connectivity index (χ0v) is 8.11. The van der Waals surface area contributed by atoms with Crippen LogP contribution in [0.1, 0.15) is 33.6 Å². The van der Waals surface area contributed by atoms with Gasteiger partial charge >= 0.3 is 0 Å². The van der Waals surface area contributed by atoms with E-state index < -0.39 is 5.72 Å². The second kappa shape index (κ2) is 3.15. The van der Waals surface area contributed by atoms with Gasteiger partial charge in [0.05, 0.1) is 5.04 Å². The van der Waals surface area contributed by atoms with E-state index in [-0.39, 0.29) is 0 Å². The van der Waals surface area contributed by atoms with Gasteiger partial charge in [-0.1, -0.05) is 13.8 Å². The van der Waals surface area contributed by atoms with Crippen molar-refractivity contribution in [2.75, 3.05) is 0 Å². The Morgan fingerprint density at radius 2 is 2.45 bits per heavy atom. The summed E-state index contributed by atoms with van der Waals surface area (Å²) in [6.45, 7) is 6.06. The molecular weight excluding hydrogens is 158 g/mol. The molecule has 0 unspecified atom stereocenters. The maximum Gasteiger partial charge on any atom is 0.157 e. The molecule has 0 aliphatic carbocycles. The van der Waals surface area contributed by atoms with Crippen LogP contribution in [0.15, 0.2) is 4.99 Å². The predicted molar refractivity (Wildman–Crippen MR) is 50.0 cm³/mol. The lowest BCUT2D eigenvalue weighted by atomic mass is 10.1. The Kier molecular flexibility index (Phi) is 2.60. The van der Waals surface area contributed by atoms with Gasteiger partial charge in [-0.3, -0.25) is 0 Å². The summed E-state index contributed by atoms with van der Waals surface area (Å²) in [6.07, 6.45) is 1.50. The zero-order chi connectivity index (χ0) is 8.48. The summed E-state index contributed by atoms with van der Waals surface area (Å²) in [5.74, 6) is 0. The minimum Gasteiger partial charge on any atom is -0.369 e. The summed E-state index contributed by atoms with van der Waals surface area (Å²) in [7, 11) is 0. The fraction of sp³-hybridized carbons (Fsp3) is 0.875. The van der Waals surface area contributed by atoms with E-state index in [0.717, 1.165) is 17.9 Å². The fourth-order valence-corrected chi connectivity index (χ4v) is 2.54. The van der Waals surface area contributed by atoms with Gasteiger partial charge in [0, 0.05) is 11.7 Å². The van der Waals surface area contributed by atoms with Crippen LogP contribution in [-0.4, -0.2) is 21.1 Å². The number of thioether (sulfide) groups is 1. The highest BCUT2D eigenvalue weighted by Gasteiger charge is 2.30. The van der Waals surface area contributed by atoms with Crippen molar-refractivity contribution in [3.8, 4) is 0 Å². The Morgan fingerprint density at radius 1 is 1.82 bits per heavy atom. The van der Waals surface area contributed by atoms with Crippen molar-refractivity contribution in [1.82, 2.24) is 0 Å². The molecule has 0 saturated heterocycles. The van der Waals surface area contributed by atoms with Crippen molar-refractivity contribution in [3.63, 3.8) is 0 Å². The molecule has 1 N–H and O–H groups in total. The highest BCUT2D eigenvalue weighted by Crippen LogP contribution is 2.32. The van der Waals surface area contributed by atoms with E-state index in [1.807, 2.05) is 13.8 Å². The Bertz CT molecular complexity index is 181. The normalized spacial score (nSPS) is 38.5. The van der Waals surface area contributed by atoms with Gasteiger partial charge in [0.2, 0.25) is 0 Å². The molecule has 2 nitrogen and oxygen atoms in total. The Morgan fingerprint density at radius 3 is 2.91 bits per heavy atom. The second-order valence-corrected chi connectivity index (χ2v) is 4.73. The monoisotopic (exact) mass is 173 g/mol. The maximum absolute atomic E-state index is 9.82. The van der Waals surface area contributed by atoms with E-state index in [2.05, 4.69) is 11.9 Å². The van der Waals surface area contributed by atoms with E-state index in [4.69, 9.17) is 0 Å². The van der Waals surface area contributed by atoms with Crippen LogP contribution in [0.25, 0.3) is 0 Å². The molecule has 0 saturated carbocycles. The molecule has 0 bridgehead atoms. The quantitative estimate of drug-likeness (QED) is 0.658. The van der Waals surface area contributed by atoms with E-state index in [9.17, 15) is 5.11 Å². The Balaban J connectivity index is 2.76. The molecule has 1 rings (SSSR count). The zero-order valence-electron chi connectivity index (χ0n) is 7.29. The molecule has 0 spiro atoms. The van der Waals surface area contributed by atoms with Gasteiger partial charge < -0.3 is 5.11 Å². The summed E-state index contributed by atoms with van der Waals surface area (Å²) in [5, 5.41) is 11.3. The van der Waals surface area contributed by atoms with E-state index in [1.165, 1.54) is 0 Å². The van der Waals surface area contributed by atoms with Gasteiger partial charge in [-0.25, -0.2) is 4.99 Å². The summed E-state index contributed by atoms with van der Waals surface area (Å²) in [5.41, 5.74) is -0.769. The highest BCUT2D eigenvalue weighted by molar-refractivity contribution is 8.14. The average Bonchev–Trinajstić information content (AvgIpc) is 1.84. The predicted octanol–water partition coefficient (Wildman–Crippen LogP) is 2.03. The van der Waals surface area contributed by atoms with Crippen molar-refractivity contribution in [2.45, 2.75) is 44.6 Å². The lowest BCUT2D eigenvalue weighted by Gasteiger charge is -2.30. The van der Waals surface area contributed by atoms with Crippen LogP contribution in [0.5, 0.6) is 0 Å². The molecule has 1 heterocycles. The summed E-state index contributed by atoms with van der Waals surface area (Å²) in [4.78, 5) is 4.22. The van der Waals surface area contributed by atoms with Crippen LogP contribution in [-0.2, 0) is 0 Å². The first-order valence-corrected chi connectivity index (χ1v) is 4.89. The molecule has 0 radical (unpaired) electrons. The molecule has 0 aromatic carbocycles. The fourth-order valence-electron chi connectivity index (χ4n) is 1.38. The smallest absolute Gasteiger partial charge is 0.157 e. The molecular formula is C8H15NOS. The molecule has 11 heavy (non-hydrogen) atoms. The topological polar surface area (TPSA) is 32.6 Å². The van der Waals surface area contributed by atoms with Crippen LogP contribution in [0, 0.1) is 0 Å². The van der Waals surface area contributed by atoms with Crippen LogP contribution in [0.4, 0.5) is 0 Å². The first kappa shape index (κ1) is 9.07. The van der Waals surface area contributed by atoms with E-state index in [0.29, 0.717) is 5.25 Å². The molecule has 0 amide bonds. The number of hydrogen-bond donors (Lipinski definition) is 1. The van der Waals surface area contributed by atoms with Crippen molar-refractivity contribution < 1.29 is 5.11 Å². The Labute approximate surface area is 72.1 Å². The van der Waals surface area contributed by atoms with Crippen LogP contribution in [0.2, 0.25) is 0 Å². The van der Waals surface area contributed by atoms with Crippen molar-refractivity contribution in [3.05, 3.63) is 0 Å². The Hall–Kier alpha value is -0.0200. The molecule has 64 valence electrons. The third-order valence-corrected chi connectivity index (χ3v) is 2.92. The number of aliphatic hydroxyl groups is 1. The maximum atomic E-state index is 9.82. The van der Waals surface area contributed by atoms with Crippen molar-refractivity contribution in [2.24, 2.45) is 4.99 Å². The van der Waals surface area contributed by atoms with Crippen LogP contribution >= 0.6 is 11.8 Å². The van der Waals surface area contributed by atoms with Crippen LogP contribution in [0.3, 0.4) is 0 Å². The number of nitrogens with zero attached hydrogens (tertiary/aromatic N) is 1. The lowest BCUT2D eigenvalue weighted by molar-refractivity contribution is 0.0367.